The van der Waals surface area contributed by atoms with Crippen LogP contribution in [-0.4, -0.2) is 48.4 Å². The molecular formula is C29H45NO9. The summed E-state index contributed by atoms with van der Waals surface area (Å²) in [5.74, 6) is -1.51. The van der Waals surface area contributed by atoms with Crippen LogP contribution in [0.3, 0.4) is 0 Å². The summed E-state index contributed by atoms with van der Waals surface area (Å²) in [7, 11) is 0. The monoisotopic (exact) mass is 551 g/mol. The van der Waals surface area contributed by atoms with Gasteiger partial charge >= 0.3 is 24.1 Å². The predicted octanol–water partition coefficient (Wildman–Crippen LogP) is 4.98. The molecule has 0 spiro atoms. The number of hydrogen-bond acceptors (Lipinski definition) is 10. The zero-order valence-electron chi connectivity index (χ0n) is 25.1. The van der Waals surface area contributed by atoms with Gasteiger partial charge in [-0.25, -0.2) is 4.79 Å². The van der Waals surface area contributed by atoms with Gasteiger partial charge in [-0.3, -0.25) is 14.4 Å². The Bertz CT molecular complexity index is 1020. The summed E-state index contributed by atoms with van der Waals surface area (Å²) in [5.41, 5.74) is 5.05. The summed E-state index contributed by atoms with van der Waals surface area (Å²) in [4.78, 5) is 49.6. The normalized spacial score (nSPS) is 15.0. The molecule has 1 aromatic rings. The van der Waals surface area contributed by atoms with E-state index in [9.17, 15) is 19.2 Å². The van der Waals surface area contributed by atoms with Crippen LogP contribution in [0.4, 0.5) is 4.79 Å². The third-order valence-electron chi connectivity index (χ3n) is 5.86. The lowest BCUT2D eigenvalue weighted by Crippen LogP contribution is -2.39. The van der Waals surface area contributed by atoms with E-state index in [1.54, 1.807) is 68.4 Å². The van der Waals surface area contributed by atoms with E-state index in [2.05, 4.69) is 0 Å². The van der Waals surface area contributed by atoms with Crippen molar-refractivity contribution in [2.45, 2.75) is 107 Å². The van der Waals surface area contributed by atoms with Gasteiger partial charge in [-0.2, -0.15) is 0 Å². The molecule has 39 heavy (non-hydrogen) atoms. The molecule has 0 aliphatic heterocycles. The van der Waals surface area contributed by atoms with Crippen LogP contribution in [0, 0.1) is 16.7 Å². The first-order chi connectivity index (χ1) is 17.7. The van der Waals surface area contributed by atoms with E-state index in [0.29, 0.717) is 5.56 Å². The number of ether oxygens (including phenoxy) is 5. The zero-order valence-corrected chi connectivity index (χ0v) is 25.1. The Kier molecular flexibility index (Phi) is 12.0. The van der Waals surface area contributed by atoms with E-state index in [1.165, 1.54) is 12.1 Å². The summed E-state index contributed by atoms with van der Waals surface area (Å²) in [6.45, 7) is 19.0. The zero-order chi connectivity index (χ0) is 30.3. The van der Waals surface area contributed by atoms with E-state index >= 15 is 0 Å². The Morgan fingerprint density at radius 2 is 1.18 bits per heavy atom. The molecule has 1 rings (SSSR count). The number of esters is 3. The lowest BCUT2D eigenvalue weighted by molar-refractivity contribution is -0.156. The summed E-state index contributed by atoms with van der Waals surface area (Å²) >= 11 is 0. The highest BCUT2D eigenvalue weighted by Gasteiger charge is 2.29. The summed E-state index contributed by atoms with van der Waals surface area (Å²) in [6, 6.07) is 3.54. The van der Waals surface area contributed by atoms with E-state index in [1.807, 2.05) is 13.8 Å². The van der Waals surface area contributed by atoms with Crippen molar-refractivity contribution in [2.24, 2.45) is 22.5 Å². The molecule has 0 aliphatic rings. The number of nitrogens with two attached hydrogens (primary N) is 1. The molecular weight excluding hydrogens is 506 g/mol. The van der Waals surface area contributed by atoms with Gasteiger partial charge in [0.1, 0.15) is 24.4 Å². The van der Waals surface area contributed by atoms with Crippen LogP contribution in [0.15, 0.2) is 18.2 Å². The molecule has 0 radical (unpaired) electrons. The lowest BCUT2D eigenvalue weighted by atomic mass is 9.97. The minimum Gasteiger partial charge on any atom is -0.458 e. The predicted molar refractivity (Wildman–Crippen MR) is 145 cm³/mol. The number of carbonyl (C=O) groups is 4. The molecule has 10 heteroatoms. The maximum Gasteiger partial charge on any atom is 0.508 e. The van der Waals surface area contributed by atoms with Gasteiger partial charge in [0.05, 0.1) is 10.8 Å². The topological polar surface area (TPSA) is 140 Å². The smallest absolute Gasteiger partial charge is 0.458 e. The molecule has 0 aromatic heterocycles. The van der Waals surface area contributed by atoms with Crippen LogP contribution in [0.2, 0.25) is 0 Å². The fraction of sp³-hybridized carbons (Fsp3) is 0.655. The summed E-state index contributed by atoms with van der Waals surface area (Å²) in [5, 5.41) is 0. The average molecular weight is 552 g/mol. The van der Waals surface area contributed by atoms with Gasteiger partial charge in [-0.1, -0.05) is 19.9 Å². The Morgan fingerprint density at radius 3 is 1.67 bits per heavy atom. The van der Waals surface area contributed by atoms with Crippen molar-refractivity contribution < 1.29 is 42.9 Å². The Labute approximate surface area is 231 Å². The molecule has 0 aliphatic carbocycles. The Hall–Kier alpha value is -3.14. The second kappa shape index (κ2) is 13.8. The third-order valence-corrected chi connectivity index (χ3v) is 5.86. The van der Waals surface area contributed by atoms with Gasteiger partial charge in [0, 0.05) is 0 Å². The first kappa shape index (κ1) is 33.9. The van der Waals surface area contributed by atoms with Crippen LogP contribution in [0.5, 0.6) is 11.5 Å². The maximum atomic E-state index is 12.7. The van der Waals surface area contributed by atoms with E-state index < -0.39 is 53.1 Å². The third kappa shape index (κ3) is 11.2. The molecule has 0 amide bonds. The standard InChI is InChI=1S/C29H45NO9/c1-16(2)17(3)36-27(34)37-19(5)18(4)35-24(31)21(30)14-20-12-13-22(38-25(32)28(6,7)8)23(15-20)39-26(33)29(9,10)11/h12-13,15-19,21H,14,30H2,1-11H3/t17?,18-,19-,21-/m0/s1. The number of carbonyl (C=O) groups excluding carboxylic acids is 4. The van der Waals surface area contributed by atoms with Gasteiger partial charge in [0.25, 0.3) is 0 Å². The minimum atomic E-state index is -1.07. The van der Waals surface area contributed by atoms with Crippen molar-refractivity contribution in [3.63, 3.8) is 0 Å². The number of benzene rings is 1. The molecule has 1 unspecified atom stereocenters. The van der Waals surface area contributed by atoms with Crippen LogP contribution in [0.1, 0.15) is 81.7 Å². The van der Waals surface area contributed by atoms with Gasteiger partial charge in [-0.15, -0.1) is 0 Å². The molecule has 1 aromatic carbocycles. The highest BCUT2D eigenvalue weighted by atomic mass is 16.7. The molecule has 4 atom stereocenters. The Balaban J connectivity index is 2.95. The molecule has 0 heterocycles. The maximum absolute atomic E-state index is 12.7. The van der Waals surface area contributed by atoms with E-state index in [0.717, 1.165) is 0 Å². The quantitative estimate of drug-likeness (QED) is 0.313. The SMILES string of the molecule is CC(C)C(C)OC(=O)O[C@@H](C)[C@H](C)OC(=O)[C@@H](N)Cc1ccc(OC(=O)C(C)(C)C)c(OC(=O)C(C)(C)C)c1. The van der Waals surface area contributed by atoms with Gasteiger partial charge in [0.15, 0.2) is 11.5 Å². The fourth-order valence-corrected chi connectivity index (χ4v) is 2.62. The molecule has 2 N–H and O–H groups in total. The van der Waals surface area contributed by atoms with Crippen molar-refractivity contribution in [3.05, 3.63) is 23.8 Å². The molecule has 10 nitrogen and oxygen atoms in total. The van der Waals surface area contributed by atoms with Crippen LogP contribution in [0.25, 0.3) is 0 Å². The van der Waals surface area contributed by atoms with Gasteiger partial charge in [-0.05, 0) is 92.3 Å². The van der Waals surface area contributed by atoms with Gasteiger partial charge in [0.2, 0.25) is 0 Å². The largest absolute Gasteiger partial charge is 0.508 e. The fourth-order valence-electron chi connectivity index (χ4n) is 2.62. The second-order valence-corrected chi connectivity index (χ2v) is 12.2. The molecule has 0 bridgehead atoms. The lowest BCUT2D eigenvalue weighted by Gasteiger charge is -2.24. The minimum absolute atomic E-state index is 0.0371. The van der Waals surface area contributed by atoms with E-state index in [-0.39, 0.29) is 29.9 Å². The molecule has 220 valence electrons. The van der Waals surface area contributed by atoms with Crippen LogP contribution >= 0.6 is 0 Å². The highest BCUT2D eigenvalue weighted by molar-refractivity contribution is 5.81. The van der Waals surface area contributed by atoms with Crippen LogP contribution in [-0.2, 0) is 35.0 Å². The van der Waals surface area contributed by atoms with Crippen LogP contribution < -0.4 is 15.2 Å². The molecule has 0 fully saturated rings. The molecule has 0 saturated carbocycles. The first-order valence-electron chi connectivity index (χ1n) is 13.1. The summed E-state index contributed by atoms with van der Waals surface area (Å²) < 4.78 is 26.8. The van der Waals surface area contributed by atoms with Crippen molar-refractivity contribution in [3.8, 4) is 11.5 Å². The summed E-state index contributed by atoms with van der Waals surface area (Å²) in [6.07, 6.45) is -2.68. The van der Waals surface area contributed by atoms with Crippen molar-refractivity contribution >= 4 is 24.1 Å². The van der Waals surface area contributed by atoms with Crippen molar-refractivity contribution in [2.75, 3.05) is 0 Å². The van der Waals surface area contributed by atoms with E-state index in [4.69, 9.17) is 29.4 Å². The number of hydrogen-bond donors (Lipinski definition) is 1. The first-order valence-corrected chi connectivity index (χ1v) is 13.1. The van der Waals surface area contributed by atoms with Crippen molar-refractivity contribution in [1.29, 1.82) is 0 Å². The average Bonchev–Trinajstić information content (AvgIpc) is 2.78. The van der Waals surface area contributed by atoms with Crippen molar-refractivity contribution in [1.82, 2.24) is 0 Å². The Morgan fingerprint density at radius 1 is 0.718 bits per heavy atom. The number of rotatable bonds is 10. The second-order valence-electron chi connectivity index (χ2n) is 12.2. The van der Waals surface area contributed by atoms with Gasteiger partial charge < -0.3 is 29.4 Å². The highest BCUT2D eigenvalue weighted by Crippen LogP contribution is 2.33. The molecule has 0 saturated heterocycles.